The Hall–Kier alpha value is -4.97. The Morgan fingerprint density at radius 3 is 2.41 bits per heavy atom. The standard InChI is InChI=1S/C38H32N6O2S3/c1-24-10-8-17-31(25(24)2)40-36(46)23-48-38-41-32-19-18-28(21-33(32)49-38)39-35(45)22-47-37-43-42-34(44(37)29-14-4-3-5-15-29)20-27-13-9-12-26-11-6-7-16-30(26)27/h3-19,21H,20,22-23H2,1-2H3,(H,39,45)(H,40,46). The molecule has 7 aromatic rings. The van der Waals surface area contributed by atoms with Crippen LogP contribution in [-0.4, -0.2) is 43.1 Å². The van der Waals surface area contributed by atoms with Gasteiger partial charge in [-0.1, -0.05) is 96.3 Å². The average Bonchev–Trinajstić information content (AvgIpc) is 3.72. The van der Waals surface area contributed by atoms with Gasteiger partial charge in [0, 0.05) is 23.5 Å². The predicted octanol–water partition coefficient (Wildman–Crippen LogP) is 8.70. The Morgan fingerprint density at radius 2 is 1.53 bits per heavy atom. The molecule has 2 N–H and O–H groups in total. The number of para-hydroxylation sites is 1. The number of aryl methyl sites for hydroxylation is 1. The lowest BCUT2D eigenvalue weighted by Gasteiger charge is -2.11. The fraction of sp³-hybridized carbons (Fsp3) is 0.132. The monoisotopic (exact) mass is 700 g/mol. The molecule has 0 aliphatic rings. The lowest BCUT2D eigenvalue weighted by atomic mass is 10.0. The summed E-state index contributed by atoms with van der Waals surface area (Å²) in [4.78, 5) is 30.4. The molecule has 2 amide bonds. The van der Waals surface area contributed by atoms with Gasteiger partial charge in [-0.2, -0.15) is 0 Å². The number of aromatic nitrogens is 4. The molecule has 0 saturated carbocycles. The normalized spacial score (nSPS) is 11.2. The number of benzene rings is 5. The van der Waals surface area contributed by atoms with Gasteiger partial charge in [0.05, 0.1) is 21.7 Å². The Kier molecular flexibility index (Phi) is 9.74. The largest absolute Gasteiger partial charge is 0.325 e. The zero-order chi connectivity index (χ0) is 33.7. The molecular weight excluding hydrogens is 669 g/mol. The second kappa shape index (κ2) is 14.7. The lowest BCUT2D eigenvalue weighted by molar-refractivity contribution is -0.114. The molecule has 7 rings (SSSR count). The van der Waals surface area contributed by atoms with E-state index in [1.807, 2.05) is 97.3 Å². The Morgan fingerprint density at radius 1 is 0.776 bits per heavy atom. The van der Waals surface area contributed by atoms with E-state index in [9.17, 15) is 9.59 Å². The summed E-state index contributed by atoms with van der Waals surface area (Å²) >= 11 is 4.25. The van der Waals surface area contributed by atoms with Crippen LogP contribution >= 0.6 is 34.9 Å². The first-order valence-electron chi connectivity index (χ1n) is 15.7. The first kappa shape index (κ1) is 32.6. The van der Waals surface area contributed by atoms with Crippen LogP contribution in [-0.2, 0) is 16.0 Å². The molecule has 0 saturated heterocycles. The number of nitrogens with one attached hydrogen (secondary N) is 2. The van der Waals surface area contributed by atoms with Crippen molar-refractivity contribution in [2.24, 2.45) is 0 Å². The van der Waals surface area contributed by atoms with Crippen LogP contribution in [0.25, 0.3) is 26.7 Å². The summed E-state index contributed by atoms with van der Waals surface area (Å²) in [6, 6.07) is 36.2. The van der Waals surface area contributed by atoms with Gasteiger partial charge >= 0.3 is 0 Å². The molecule has 0 aliphatic heterocycles. The number of carbonyl (C=O) groups excluding carboxylic acids is 2. The molecule has 0 spiro atoms. The summed E-state index contributed by atoms with van der Waals surface area (Å²) in [5.74, 6) is 0.997. The Balaban J connectivity index is 1.00. The second-order valence-electron chi connectivity index (χ2n) is 11.5. The number of thiazole rings is 1. The summed E-state index contributed by atoms with van der Waals surface area (Å²) in [6.07, 6.45) is 0.599. The summed E-state index contributed by atoms with van der Waals surface area (Å²) in [7, 11) is 0. The van der Waals surface area contributed by atoms with Crippen LogP contribution in [0, 0.1) is 13.8 Å². The molecule has 8 nitrogen and oxygen atoms in total. The highest BCUT2D eigenvalue weighted by Gasteiger charge is 2.18. The Labute approximate surface area is 296 Å². The third-order valence-corrected chi connectivity index (χ3v) is 11.2. The third kappa shape index (κ3) is 7.54. The van der Waals surface area contributed by atoms with Crippen molar-refractivity contribution in [3.63, 3.8) is 0 Å². The molecule has 0 aliphatic carbocycles. The molecule has 0 fully saturated rings. The maximum absolute atomic E-state index is 13.1. The minimum Gasteiger partial charge on any atom is -0.325 e. The van der Waals surface area contributed by atoms with Gasteiger partial charge in [0.2, 0.25) is 11.8 Å². The van der Waals surface area contributed by atoms with Crippen molar-refractivity contribution in [1.29, 1.82) is 0 Å². The van der Waals surface area contributed by atoms with E-state index in [0.29, 0.717) is 17.3 Å². The molecule has 11 heteroatoms. The number of hydrogen-bond donors (Lipinski definition) is 2. The van der Waals surface area contributed by atoms with E-state index in [-0.39, 0.29) is 23.3 Å². The van der Waals surface area contributed by atoms with Crippen molar-refractivity contribution >= 4 is 79.0 Å². The van der Waals surface area contributed by atoms with Crippen molar-refractivity contribution in [2.45, 2.75) is 29.8 Å². The van der Waals surface area contributed by atoms with Crippen LogP contribution in [0.2, 0.25) is 0 Å². The summed E-state index contributed by atoms with van der Waals surface area (Å²) in [6.45, 7) is 4.03. The average molecular weight is 701 g/mol. The zero-order valence-electron chi connectivity index (χ0n) is 26.8. The maximum atomic E-state index is 13.1. The summed E-state index contributed by atoms with van der Waals surface area (Å²) in [5, 5.41) is 18.1. The van der Waals surface area contributed by atoms with Gasteiger partial charge in [0.1, 0.15) is 5.82 Å². The molecule has 0 bridgehead atoms. The topological polar surface area (TPSA) is 102 Å². The number of anilines is 2. The van der Waals surface area contributed by atoms with E-state index in [1.54, 1.807) is 0 Å². The van der Waals surface area contributed by atoms with Gasteiger partial charge in [0.25, 0.3) is 0 Å². The highest BCUT2D eigenvalue weighted by Crippen LogP contribution is 2.32. The first-order chi connectivity index (χ1) is 23.9. The van der Waals surface area contributed by atoms with Crippen molar-refractivity contribution in [2.75, 3.05) is 22.1 Å². The van der Waals surface area contributed by atoms with Gasteiger partial charge in [-0.15, -0.1) is 21.5 Å². The maximum Gasteiger partial charge on any atom is 0.234 e. The molecule has 0 radical (unpaired) electrons. The minimum atomic E-state index is -0.148. The summed E-state index contributed by atoms with van der Waals surface area (Å²) in [5.41, 5.74) is 6.64. The van der Waals surface area contributed by atoms with E-state index in [0.717, 1.165) is 48.4 Å². The quantitative estimate of drug-likeness (QED) is 0.130. The SMILES string of the molecule is Cc1cccc(NC(=O)CSc2nc3ccc(NC(=O)CSc4nnc(Cc5cccc6ccccc56)n4-c4ccccc4)cc3s2)c1C. The van der Waals surface area contributed by atoms with Gasteiger partial charge in [-0.05, 0) is 77.7 Å². The fourth-order valence-electron chi connectivity index (χ4n) is 5.53. The molecule has 2 heterocycles. The first-order valence-corrected chi connectivity index (χ1v) is 18.5. The van der Waals surface area contributed by atoms with Gasteiger partial charge in [0.15, 0.2) is 9.50 Å². The van der Waals surface area contributed by atoms with E-state index in [4.69, 9.17) is 0 Å². The number of thioether (sulfide) groups is 2. The molecule has 5 aromatic carbocycles. The predicted molar refractivity (Wildman–Crippen MR) is 202 cm³/mol. The highest BCUT2D eigenvalue weighted by molar-refractivity contribution is 8.01. The van der Waals surface area contributed by atoms with Crippen molar-refractivity contribution < 1.29 is 9.59 Å². The molecule has 244 valence electrons. The number of nitrogens with zero attached hydrogens (tertiary/aromatic N) is 4. The minimum absolute atomic E-state index is 0.0767. The van der Waals surface area contributed by atoms with E-state index in [1.165, 1.54) is 45.6 Å². The Bertz CT molecular complexity index is 2300. The van der Waals surface area contributed by atoms with Crippen molar-refractivity contribution in [3.05, 3.63) is 132 Å². The molecular formula is C38H32N6O2S3. The molecule has 49 heavy (non-hydrogen) atoms. The smallest absolute Gasteiger partial charge is 0.234 e. The number of amides is 2. The van der Waals surface area contributed by atoms with Crippen LogP contribution in [0.15, 0.2) is 119 Å². The fourth-order valence-corrected chi connectivity index (χ4v) is 8.21. The second-order valence-corrected chi connectivity index (χ2v) is 14.7. The zero-order valence-corrected chi connectivity index (χ0v) is 29.3. The van der Waals surface area contributed by atoms with Crippen LogP contribution in [0.4, 0.5) is 11.4 Å². The van der Waals surface area contributed by atoms with E-state index in [2.05, 4.69) is 56.1 Å². The number of hydrogen-bond acceptors (Lipinski definition) is 8. The number of rotatable bonds is 11. The van der Waals surface area contributed by atoms with E-state index >= 15 is 0 Å². The number of fused-ring (bicyclic) bond motifs is 2. The van der Waals surface area contributed by atoms with Crippen molar-refractivity contribution in [1.82, 2.24) is 19.7 Å². The van der Waals surface area contributed by atoms with Crippen molar-refractivity contribution in [3.8, 4) is 5.69 Å². The number of carbonyl (C=O) groups is 2. The van der Waals surface area contributed by atoms with Crippen LogP contribution in [0.3, 0.4) is 0 Å². The third-order valence-electron chi connectivity index (χ3n) is 8.13. The lowest BCUT2D eigenvalue weighted by Crippen LogP contribution is -2.15. The van der Waals surface area contributed by atoms with Gasteiger partial charge in [-0.3, -0.25) is 14.2 Å². The van der Waals surface area contributed by atoms with Crippen LogP contribution in [0.5, 0.6) is 0 Å². The van der Waals surface area contributed by atoms with Gasteiger partial charge in [-0.25, -0.2) is 4.98 Å². The van der Waals surface area contributed by atoms with Crippen LogP contribution in [0.1, 0.15) is 22.5 Å². The van der Waals surface area contributed by atoms with E-state index < -0.39 is 0 Å². The molecule has 0 unspecified atom stereocenters. The molecule has 2 aromatic heterocycles. The van der Waals surface area contributed by atoms with Gasteiger partial charge < -0.3 is 10.6 Å². The molecule has 0 atom stereocenters. The summed E-state index contributed by atoms with van der Waals surface area (Å²) < 4.78 is 3.76. The van der Waals surface area contributed by atoms with Crippen LogP contribution < -0.4 is 10.6 Å². The highest BCUT2D eigenvalue weighted by atomic mass is 32.2.